The van der Waals surface area contributed by atoms with E-state index in [4.69, 9.17) is 24.9 Å². The standard InChI is InChI=1S/C29H30N4O3.ClH/c1-20(34)33-13-10-22(11-14-33)18-36-27-17-31-28(24-4-2-21(16-30)3-5-24)29(32-27)25-8-6-23(7-9-25)26-12-15-35-19-26;/h2-9,12,15,17,19,22H,10-11,13-14,16,18,30H2,1H3;1H. The highest BCUT2D eigenvalue weighted by atomic mass is 35.5. The number of hydrogen-bond donors (Lipinski definition) is 1. The molecule has 8 heteroatoms. The van der Waals surface area contributed by atoms with Crippen molar-refractivity contribution < 1.29 is 13.9 Å². The van der Waals surface area contributed by atoms with Crippen LogP contribution in [0.1, 0.15) is 25.3 Å². The van der Waals surface area contributed by atoms with Gasteiger partial charge in [-0.2, -0.15) is 0 Å². The maximum absolute atomic E-state index is 11.6. The summed E-state index contributed by atoms with van der Waals surface area (Å²) in [6, 6.07) is 18.2. The predicted octanol–water partition coefficient (Wildman–Crippen LogP) is 5.59. The average molecular weight is 519 g/mol. The van der Waals surface area contributed by atoms with Gasteiger partial charge in [0.05, 0.1) is 31.0 Å². The number of halogens is 1. The second kappa shape index (κ2) is 12.0. The zero-order valence-electron chi connectivity index (χ0n) is 20.8. The first kappa shape index (κ1) is 26.4. The first-order valence-corrected chi connectivity index (χ1v) is 12.3. The molecule has 3 heterocycles. The van der Waals surface area contributed by atoms with Gasteiger partial charge in [0, 0.05) is 43.2 Å². The Bertz CT molecular complexity index is 1300. The molecule has 1 amide bonds. The molecular formula is C29H31ClN4O3. The summed E-state index contributed by atoms with van der Waals surface area (Å²) in [6.45, 7) is 4.24. The summed E-state index contributed by atoms with van der Waals surface area (Å²) in [5.74, 6) is 1.03. The van der Waals surface area contributed by atoms with E-state index in [0.29, 0.717) is 24.9 Å². The van der Waals surface area contributed by atoms with Gasteiger partial charge in [-0.05, 0) is 36.0 Å². The molecule has 4 aromatic rings. The highest BCUT2D eigenvalue weighted by Crippen LogP contribution is 2.32. The maximum Gasteiger partial charge on any atom is 0.232 e. The van der Waals surface area contributed by atoms with Crippen molar-refractivity contribution in [3.05, 3.63) is 78.9 Å². The Kier molecular flexibility index (Phi) is 8.58. The first-order chi connectivity index (χ1) is 17.6. The van der Waals surface area contributed by atoms with Crippen LogP contribution in [0.2, 0.25) is 0 Å². The molecule has 7 nitrogen and oxygen atoms in total. The third kappa shape index (κ3) is 6.18. The molecule has 0 aliphatic carbocycles. The van der Waals surface area contributed by atoms with Crippen LogP contribution < -0.4 is 10.5 Å². The molecule has 0 atom stereocenters. The number of amides is 1. The summed E-state index contributed by atoms with van der Waals surface area (Å²) < 4.78 is 11.3. The second-order valence-corrected chi connectivity index (χ2v) is 9.16. The van der Waals surface area contributed by atoms with Crippen LogP contribution >= 0.6 is 12.4 Å². The number of benzene rings is 2. The summed E-state index contributed by atoms with van der Waals surface area (Å²) in [5.41, 5.74) is 12.4. The Hall–Kier alpha value is -3.68. The van der Waals surface area contributed by atoms with E-state index in [9.17, 15) is 4.79 Å². The molecule has 0 saturated carbocycles. The average Bonchev–Trinajstić information content (AvgIpc) is 3.47. The number of piperidine rings is 1. The number of hydrogen-bond acceptors (Lipinski definition) is 6. The Morgan fingerprint density at radius 2 is 1.62 bits per heavy atom. The van der Waals surface area contributed by atoms with Crippen LogP contribution in [0, 0.1) is 5.92 Å². The van der Waals surface area contributed by atoms with Crippen LogP contribution in [0.5, 0.6) is 5.88 Å². The van der Waals surface area contributed by atoms with E-state index in [2.05, 4.69) is 12.1 Å². The van der Waals surface area contributed by atoms with Gasteiger partial charge < -0.3 is 19.8 Å². The molecule has 1 fully saturated rings. The summed E-state index contributed by atoms with van der Waals surface area (Å²) in [4.78, 5) is 23.1. The topological polar surface area (TPSA) is 94.5 Å². The molecule has 192 valence electrons. The van der Waals surface area contributed by atoms with Gasteiger partial charge in [0.2, 0.25) is 11.8 Å². The number of likely N-dealkylation sites (tertiary alicyclic amines) is 1. The van der Waals surface area contributed by atoms with Crippen molar-refractivity contribution in [2.24, 2.45) is 11.7 Å². The number of aromatic nitrogens is 2. The predicted molar refractivity (Wildman–Crippen MR) is 146 cm³/mol. The molecule has 37 heavy (non-hydrogen) atoms. The normalized spacial score (nSPS) is 13.7. The van der Waals surface area contributed by atoms with Gasteiger partial charge in [-0.15, -0.1) is 12.4 Å². The third-order valence-electron chi connectivity index (χ3n) is 6.75. The number of rotatable bonds is 7. The lowest BCUT2D eigenvalue weighted by molar-refractivity contribution is -0.130. The van der Waals surface area contributed by atoms with E-state index < -0.39 is 0 Å². The zero-order valence-corrected chi connectivity index (χ0v) is 21.6. The monoisotopic (exact) mass is 518 g/mol. The number of furan rings is 1. The van der Waals surface area contributed by atoms with E-state index in [1.807, 2.05) is 47.4 Å². The SMILES string of the molecule is CC(=O)N1CCC(COc2cnc(-c3ccc(CN)cc3)c(-c3ccc(-c4ccoc4)cc3)n2)CC1.Cl. The van der Waals surface area contributed by atoms with Crippen molar-refractivity contribution >= 4 is 18.3 Å². The number of nitrogens with two attached hydrogens (primary N) is 1. The summed E-state index contributed by atoms with van der Waals surface area (Å²) in [6.07, 6.45) is 6.96. The van der Waals surface area contributed by atoms with Gasteiger partial charge in [-0.3, -0.25) is 4.79 Å². The van der Waals surface area contributed by atoms with Crippen molar-refractivity contribution in [1.82, 2.24) is 14.9 Å². The molecular weight excluding hydrogens is 488 g/mol. The Labute approximate surface area is 223 Å². The minimum Gasteiger partial charge on any atom is -0.476 e. The Morgan fingerprint density at radius 3 is 2.24 bits per heavy atom. The third-order valence-corrected chi connectivity index (χ3v) is 6.75. The second-order valence-electron chi connectivity index (χ2n) is 9.16. The Balaban J connectivity index is 0.00000320. The largest absolute Gasteiger partial charge is 0.476 e. The van der Waals surface area contributed by atoms with Gasteiger partial charge >= 0.3 is 0 Å². The molecule has 2 aromatic heterocycles. The van der Waals surface area contributed by atoms with Gasteiger partial charge in [-0.1, -0.05) is 48.5 Å². The summed E-state index contributed by atoms with van der Waals surface area (Å²) in [5, 5.41) is 0. The van der Waals surface area contributed by atoms with E-state index in [0.717, 1.165) is 65.1 Å². The molecule has 1 aliphatic heterocycles. The van der Waals surface area contributed by atoms with E-state index >= 15 is 0 Å². The van der Waals surface area contributed by atoms with E-state index in [1.54, 1.807) is 25.6 Å². The lowest BCUT2D eigenvalue weighted by Crippen LogP contribution is -2.38. The van der Waals surface area contributed by atoms with Crippen LogP contribution in [-0.4, -0.2) is 40.5 Å². The lowest BCUT2D eigenvalue weighted by Gasteiger charge is -2.31. The molecule has 0 radical (unpaired) electrons. The minimum absolute atomic E-state index is 0. The molecule has 2 aromatic carbocycles. The maximum atomic E-state index is 11.6. The van der Waals surface area contributed by atoms with Crippen molar-refractivity contribution in [2.45, 2.75) is 26.3 Å². The van der Waals surface area contributed by atoms with Gasteiger partial charge in [0.15, 0.2) is 0 Å². The van der Waals surface area contributed by atoms with Gasteiger partial charge in [-0.25, -0.2) is 9.97 Å². The highest BCUT2D eigenvalue weighted by molar-refractivity contribution is 5.85. The molecule has 0 unspecified atom stereocenters. The fraction of sp³-hybridized carbons (Fsp3) is 0.276. The van der Waals surface area contributed by atoms with E-state index in [1.165, 1.54) is 0 Å². The zero-order chi connectivity index (χ0) is 24.9. The van der Waals surface area contributed by atoms with Crippen molar-refractivity contribution in [1.29, 1.82) is 0 Å². The fourth-order valence-electron chi connectivity index (χ4n) is 4.52. The van der Waals surface area contributed by atoms with Gasteiger partial charge in [0.25, 0.3) is 0 Å². The van der Waals surface area contributed by atoms with E-state index in [-0.39, 0.29) is 18.3 Å². The minimum atomic E-state index is 0. The van der Waals surface area contributed by atoms with Crippen LogP contribution in [0.3, 0.4) is 0 Å². The summed E-state index contributed by atoms with van der Waals surface area (Å²) in [7, 11) is 0. The number of carbonyl (C=O) groups is 1. The number of carbonyl (C=O) groups excluding carboxylic acids is 1. The number of nitrogens with zero attached hydrogens (tertiary/aromatic N) is 3. The lowest BCUT2D eigenvalue weighted by atomic mass is 9.98. The molecule has 0 bridgehead atoms. The molecule has 2 N–H and O–H groups in total. The van der Waals surface area contributed by atoms with Crippen LogP contribution in [-0.2, 0) is 11.3 Å². The van der Waals surface area contributed by atoms with Crippen LogP contribution in [0.4, 0.5) is 0 Å². The summed E-state index contributed by atoms with van der Waals surface area (Å²) >= 11 is 0. The molecule has 5 rings (SSSR count). The van der Waals surface area contributed by atoms with Crippen LogP contribution in [0.15, 0.2) is 77.7 Å². The number of ether oxygens (including phenoxy) is 1. The molecule has 1 aliphatic rings. The Morgan fingerprint density at radius 1 is 0.973 bits per heavy atom. The quantitative estimate of drug-likeness (QED) is 0.343. The first-order valence-electron chi connectivity index (χ1n) is 12.3. The fourth-order valence-corrected chi connectivity index (χ4v) is 4.52. The molecule has 0 spiro atoms. The van der Waals surface area contributed by atoms with Gasteiger partial charge in [0.1, 0.15) is 5.69 Å². The van der Waals surface area contributed by atoms with Crippen molar-refractivity contribution in [2.75, 3.05) is 19.7 Å². The van der Waals surface area contributed by atoms with Crippen molar-refractivity contribution in [3.63, 3.8) is 0 Å². The highest BCUT2D eigenvalue weighted by Gasteiger charge is 2.22. The van der Waals surface area contributed by atoms with Crippen molar-refractivity contribution in [3.8, 4) is 39.5 Å². The van der Waals surface area contributed by atoms with Crippen LogP contribution in [0.25, 0.3) is 33.6 Å². The smallest absolute Gasteiger partial charge is 0.232 e. The molecule has 1 saturated heterocycles.